The summed E-state index contributed by atoms with van der Waals surface area (Å²) in [6, 6.07) is 1.42. The Morgan fingerprint density at radius 3 is 2.50 bits per heavy atom. The number of anilines is 1. The van der Waals surface area contributed by atoms with Gasteiger partial charge in [0.25, 0.3) is 5.91 Å². The van der Waals surface area contributed by atoms with E-state index >= 15 is 0 Å². The van der Waals surface area contributed by atoms with Gasteiger partial charge in [-0.1, -0.05) is 0 Å². The van der Waals surface area contributed by atoms with Crippen LogP contribution in [0, 0.1) is 0 Å². The van der Waals surface area contributed by atoms with E-state index in [2.05, 4.69) is 10.3 Å². The molecule has 0 aromatic carbocycles. The van der Waals surface area contributed by atoms with Crippen LogP contribution >= 0.6 is 0 Å². The molecule has 1 aromatic heterocycles. The topological polar surface area (TPSA) is 120 Å². The van der Waals surface area contributed by atoms with Crippen LogP contribution in [0.1, 0.15) is 16.8 Å². The van der Waals surface area contributed by atoms with Crippen molar-refractivity contribution in [3.8, 4) is 0 Å². The smallest absolute Gasteiger partial charge is 0.326 e. The van der Waals surface area contributed by atoms with Gasteiger partial charge in [0.15, 0.2) is 0 Å². The summed E-state index contributed by atoms with van der Waals surface area (Å²) in [4.78, 5) is 39.0. The van der Waals surface area contributed by atoms with Crippen LogP contribution in [0.25, 0.3) is 0 Å². The van der Waals surface area contributed by atoms with E-state index in [1.807, 2.05) is 0 Å². The fourth-order valence-electron chi connectivity index (χ4n) is 1.42. The summed E-state index contributed by atoms with van der Waals surface area (Å²) >= 11 is 0. The van der Waals surface area contributed by atoms with E-state index < -0.39 is 30.3 Å². The molecule has 0 bridgehead atoms. The lowest BCUT2D eigenvalue weighted by atomic mass is 10.1. The number of nitrogens with one attached hydrogen (secondary N) is 1. The van der Waals surface area contributed by atoms with E-state index in [1.54, 1.807) is 19.0 Å². The normalized spacial score (nSPS) is 11.5. The Balaban J connectivity index is 2.86. The molecule has 0 aliphatic rings. The summed E-state index contributed by atoms with van der Waals surface area (Å²) < 4.78 is 0. The molecule has 3 N–H and O–H groups in total. The second-order valence-corrected chi connectivity index (χ2v) is 4.26. The van der Waals surface area contributed by atoms with Gasteiger partial charge in [0.1, 0.15) is 11.9 Å². The number of hydrogen-bond acceptors (Lipinski definition) is 5. The molecule has 1 aromatic rings. The summed E-state index contributed by atoms with van der Waals surface area (Å²) in [7, 11) is 3.49. The number of carbonyl (C=O) groups excluding carboxylic acids is 1. The zero-order valence-electron chi connectivity index (χ0n) is 11.0. The molecule has 108 valence electrons. The van der Waals surface area contributed by atoms with E-state index in [4.69, 9.17) is 10.2 Å². The summed E-state index contributed by atoms with van der Waals surface area (Å²) in [5, 5.41) is 19.6. The van der Waals surface area contributed by atoms with Crippen molar-refractivity contribution in [2.24, 2.45) is 0 Å². The molecule has 8 heteroatoms. The lowest BCUT2D eigenvalue weighted by Crippen LogP contribution is -2.42. The van der Waals surface area contributed by atoms with E-state index in [1.165, 1.54) is 18.3 Å². The average molecular weight is 281 g/mol. The highest BCUT2D eigenvalue weighted by molar-refractivity contribution is 5.97. The Hall–Kier alpha value is -2.64. The molecule has 0 saturated carbocycles. The van der Waals surface area contributed by atoms with Gasteiger partial charge in [-0.2, -0.15) is 0 Å². The Labute approximate surface area is 115 Å². The summed E-state index contributed by atoms with van der Waals surface area (Å²) in [5.41, 5.74) is 0.209. The van der Waals surface area contributed by atoms with Crippen molar-refractivity contribution < 1.29 is 24.6 Å². The molecule has 0 aliphatic carbocycles. The molecule has 1 rings (SSSR count). The van der Waals surface area contributed by atoms with Crippen LogP contribution in [0.2, 0.25) is 0 Å². The molecule has 0 aliphatic heterocycles. The first-order chi connectivity index (χ1) is 9.31. The highest BCUT2D eigenvalue weighted by Crippen LogP contribution is 2.10. The highest BCUT2D eigenvalue weighted by Gasteiger charge is 2.23. The first-order valence-corrected chi connectivity index (χ1v) is 5.70. The van der Waals surface area contributed by atoms with Gasteiger partial charge in [-0.25, -0.2) is 9.78 Å². The van der Waals surface area contributed by atoms with Crippen LogP contribution in [-0.4, -0.2) is 53.2 Å². The molecule has 1 amide bonds. The van der Waals surface area contributed by atoms with E-state index in [9.17, 15) is 14.4 Å². The van der Waals surface area contributed by atoms with Gasteiger partial charge in [-0.3, -0.25) is 9.59 Å². The number of carbonyl (C=O) groups is 3. The molecule has 0 fully saturated rings. The molecule has 1 atom stereocenters. The van der Waals surface area contributed by atoms with Gasteiger partial charge < -0.3 is 20.4 Å². The van der Waals surface area contributed by atoms with Crippen molar-refractivity contribution in [1.82, 2.24) is 10.3 Å². The first kappa shape index (κ1) is 15.4. The third-order valence-electron chi connectivity index (χ3n) is 2.45. The number of nitrogens with zero attached hydrogens (tertiary/aromatic N) is 2. The minimum absolute atomic E-state index is 0.209. The average Bonchev–Trinajstić information content (AvgIpc) is 2.37. The van der Waals surface area contributed by atoms with Gasteiger partial charge in [0, 0.05) is 25.9 Å². The lowest BCUT2D eigenvalue weighted by Gasteiger charge is -2.14. The maximum Gasteiger partial charge on any atom is 0.326 e. The monoisotopic (exact) mass is 281 g/mol. The van der Waals surface area contributed by atoms with Crippen LogP contribution < -0.4 is 10.2 Å². The Bertz CT molecular complexity index is 530. The van der Waals surface area contributed by atoms with Crippen LogP contribution in [-0.2, 0) is 9.59 Å². The van der Waals surface area contributed by atoms with Gasteiger partial charge in [-0.05, 0) is 12.1 Å². The van der Waals surface area contributed by atoms with Crippen molar-refractivity contribution in [1.29, 1.82) is 0 Å². The van der Waals surface area contributed by atoms with Crippen molar-refractivity contribution in [2.75, 3.05) is 19.0 Å². The number of hydrogen-bond donors (Lipinski definition) is 3. The molecular formula is C12H15N3O5. The fourth-order valence-corrected chi connectivity index (χ4v) is 1.42. The van der Waals surface area contributed by atoms with Gasteiger partial charge in [0.05, 0.1) is 6.42 Å². The number of rotatable bonds is 6. The van der Waals surface area contributed by atoms with Crippen LogP contribution in [0.3, 0.4) is 0 Å². The second kappa shape index (κ2) is 6.50. The minimum atomic E-state index is -1.48. The predicted molar refractivity (Wildman–Crippen MR) is 69.7 cm³/mol. The maximum absolute atomic E-state index is 11.9. The van der Waals surface area contributed by atoms with Crippen molar-refractivity contribution in [3.05, 3.63) is 23.9 Å². The minimum Gasteiger partial charge on any atom is -0.481 e. The Kier molecular flexibility index (Phi) is 5.01. The number of amides is 1. The molecule has 8 nitrogen and oxygen atoms in total. The van der Waals surface area contributed by atoms with Crippen molar-refractivity contribution >= 4 is 23.7 Å². The predicted octanol–water partition coefficient (Wildman–Crippen LogP) is -0.195. The Morgan fingerprint density at radius 2 is 2.00 bits per heavy atom. The summed E-state index contributed by atoms with van der Waals surface area (Å²) in [5.74, 6) is -2.84. The van der Waals surface area contributed by atoms with Crippen molar-refractivity contribution in [3.63, 3.8) is 0 Å². The molecule has 0 spiro atoms. The molecule has 1 unspecified atom stereocenters. The van der Waals surface area contributed by atoms with E-state index in [0.717, 1.165) is 0 Å². The SMILES string of the molecule is CN(C)c1cc(C(=O)NC(CC(=O)O)C(=O)O)ccn1. The molecule has 0 radical (unpaired) electrons. The third-order valence-corrected chi connectivity index (χ3v) is 2.45. The maximum atomic E-state index is 11.9. The quantitative estimate of drug-likeness (QED) is 0.660. The highest BCUT2D eigenvalue weighted by atomic mass is 16.4. The number of carboxylic acids is 2. The van der Waals surface area contributed by atoms with Crippen molar-refractivity contribution in [2.45, 2.75) is 12.5 Å². The van der Waals surface area contributed by atoms with Crippen LogP contribution in [0.15, 0.2) is 18.3 Å². The number of aromatic nitrogens is 1. The molecular weight excluding hydrogens is 266 g/mol. The number of carboxylic acid groups (broad SMARTS) is 2. The van der Waals surface area contributed by atoms with Crippen LogP contribution in [0.5, 0.6) is 0 Å². The summed E-state index contributed by atoms with van der Waals surface area (Å²) in [6.45, 7) is 0. The lowest BCUT2D eigenvalue weighted by molar-refractivity contribution is -0.145. The zero-order valence-corrected chi connectivity index (χ0v) is 11.0. The summed E-state index contributed by atoms with van der Waals surface area (Å²) in [6.07, 6.45) is 0.726. The number of aliphatic carboxylic acids is 2. The zero-order chi connectivity index (χ0) is 15.3. The van der Waals surface area contributed by atoms with Crippen LogP contribution in [0.4, 0.5) is 5.82 Å². The Morgan fingerprint density at radius 1 is 1.35 bits per heavy atom. The van der Waals surface area contributed by atoms with E-state index in [-0.39, 0.29) is 5.56 Å². The third kappa shape index (κ3) is 4.23. The number of pyridine rings is 1. The van der Waals surface area contributed by atoms with Gasteiger partial charge in [0.2, 0.25) is 0 Å². The fraction of sp³-hybridized carbons (Fsp3) is 0.333. The largest absolute Gasteiger partial charge is 0.481 e. The molecule has 20 heavy (non-hydrogen) atoms. The van der Waals surface area contributed by atoms with E-state index in [0.29, 0.717) is 5.82 Å². The second-order valence-electron chi connectivity index (χ2n) is 4.26. The standard InChI is InChI=1S/C12H15N3O5/c1-15(2)9-5-7(3-4-13-9)11(18)14-8(12(19)20)6-10(16)17/h3-5,8H,6H2,1-2H3,(H,14,18)(H,16,17)(H,19,20). The first-order valence-electron chi connectivity index (χ1n) is 5.70. The molecule has 0 saturated heterocycles. The van der Waals surface area contributed by atoms with Gasteiger partial charge in [-0.15, -0.1) is 0 Å². The molecule has 1 heterocycles. The van der Waals surface area contributed by atoms with Gasteiger partial charge >= 0.3 is 11.9 Å².